The summed E-state index contributed by atoms with van der Waals surface area (Å²) < 4.78 is 26.6. The van der Waals surface area contributed by atoms with Crippen LogP contribution >= 0.6 is 11.6 Å². The van der Waals surface area contributed by atoms with Crippen molar-refractivity contribution in [1.29, 1.82) is 0 Å². The van der Waals surface area contributed by atoms with Crippen molar-refractivity contribution < 1.29 is 13.3 Å². The number of sulfonamides is 1. The highest BCUT2D eigenvalue weighted by molar-refractivity contribution is 7.89. The Hall–Kier alpha value is -1.22. The Morgan fingerprint density at radius 3 is 2.60 bits per heavy atom. The first-order valence-electron chi connectivity index (χ1n) is 5.94. The van der Waals surface area contributed by atoms with Crippen LogP contribution in [0.1, 0.15) is 18.4 Å². The molecule has 3 N–H and O–H groups in total. The van der Waals surface area contributed by atoms with E-state index in [1.807, 2.05) is 0 Å². The lowest BCUT2D eigenvalue weighted by Gasteiger charge is -2.09. The topological polar surface area (TPSA) is 115 Å². The zero-order valence-corrected chi connectivity index (χ0v) is 12.5. The average Bonchev–Trinajstić information content (AvgIpc) is 2.33. The third-order valence-electron chi connectivity index (χ3n) is 2.65. The summed E-state index contributed by atoms with van der Waals surface area (Å²) in [5.41, 5.74) is 5.24. The van der Waals surface area contributed by atoms with Gasteiger partial charge in [-0.15, -0.1) is 0 Å². The molecular formula is C11H16ClN3O4S. The Morgan fingerprint density at radius 1 is 1.40 bits per heavy atom. The zero-order chi connectivity index (χ0) is 15.3. The average molecular weight is 322 g/mol. The number of hydrogen-bond acceptors (Lipinski definition) is 5. The molecule has 0 heterocycles. The largest absolute Gasteiger partial charge is 0.330 e. The molecule has 0 fully saturated rings. The van der Waals surface area contributed by atoms with Crippen LogP contribution in [0.15, 0.2) is 17.0 Å². The van der Waals surface area contributed by atoms with Gasteiger partial charge in [0.05, 0.1) is 9.82 Å². The molecule has 0 atom stereocenters. The maximum atomic E-state index is 12.1. The Labute approximate surface area is 122 Å². The van der Waals surface area contributed by atoms with E-state index >= 15 is 0 Å². The van der Waals surface area contributed by atoms with Gasteiger partial charge in [-0.3, -0.25) is 10.1 Å². The second-order valence-electron chi connectivity index (χ2n) is 4.22. The number of benzene rings is 1. The summed E-state index contributed by atoms with van der Waals surface area (Å²) in [4.78, 5) is 9.95. The van der Waals surface area contributed by atoms with Crippen LogP contribution in [0.4, 0.5) is 5.69 Å². The Morgan fingerprint density at radius 2 is 2.05 bits per heavy atom. The van der Waals surface area contributed by atoms with Gasteiger partial charge in [-0.1, -0.05) is 11.6 Å². The number of hydrogen-bond donors (Lipinski definition) is 2. The molecule has 0 spiro atoms. The van der Waals surface area contributed by atoms with Crippen molar-refractivity contribution in [1.82, 2.24) is 4.72 Å². The van der Waals surface area contributed by atoms with Crippen molar-refractivity contribution in [2.24, 2.45) is 5.73 Å². The molecule has 112 valence electrons. The fraction of sp³-hybridized carbons (Fsp3) is 0.455. The highest BCUT2D eigenvalue weighted by Crippen LogP contribution is 2.29. The first-order valence-corrected chi connectivity index (χ1v) is 7.80. The van der Waals surface area contributed by atoms with Gasteiger partial charge in [0.15, 0.2) is 0 Å². The molecular weight excluding hydrogens is 306 g/mol. The Kier molecular flexibility index (Phi) is 5.88. The molecule has 0 radical (unpaired) electrons. The number of unbranched alkanes of at least 4 members (excludes halogenated alkanes) is 1. The predicted octanol–water partition coefficient (Wildman–Crippen LogP) is 1.57. The number of nitrogens with two attached hydrogens (primary N) is 1. The maximum Gasteiger partial charge on any atom is 0.289 e. The number of aryl methyl sites for hydroxylation is 1. The van der Waals surface area contributed by atoms with Crippen molar-refractivity contribution in [3.8, 4) is 0 Å². The third-order valence-corrected chi connectivity index (χ3v) is 4.56. The van der Waals surface area contributed by atoms with Crippen molar-refractivity contribution >= 4 is 27.3 Å². The van der Waals surface area contributed by atoms with Crippen LogP contribution in [0.5, 0.6) is 0 Å². The van der Waals surface area contributed by atoms with Crippen LogP contribution in [0.2, 0.25) is 5.02 Å². The smallest absolute Gasteiger partial charge is 0.289 e. The van der Waals surface area contributed by atoms with Crippen molar-refractivity contribution in [2.75, 3.05) is 13.1 Å². The van der Waals surface area contributed by atoms with Crippen molar-refractivity contribution in [3.63, 3.8) is 0 Å². The number of nitrogens with zero attached hydrogens (tertiary/aromatic N) is 1. The van der Waals surface area contributed by atoms with E-state index in [2.05, 4.69) is 4.72 Å². The number of nitrogens with one attached hydrogen (secondary N) is 1. The van der Waals surface area contributed by atoms with E-state index in [1.54, 1.807) is 0 Å². The zero-order valence-electron chi connectivity index (χ0n) is 10.9. The first-order chi connectivity index (χ1) is 9.29. The van der Waals surface area contributed by atoms with Crippen LogP contribution in [0.3, 0.4) is 0 Å². The summed E-state index contributed by atoms with van der Waals surface area (Å²) in [6.07, 6.45) is 1.30. The molecule has 7 nitrogen and oxygen atoms in total. The molecule has 9 heteroatoms. The van der Waals surface area contributed by atoms with Gasteiger partial charge in [-0.25, -0.2) is 13.1 Å². The van der Waals surface area contributed by atoms with Gasteiger partial charge >= 0.3 is 0 Å². The molecule has 1 aromatic carbocycles. The summed E-state index contributed by atoms with van der Waals surface area (Å²) in [5, 5.41) is 10.7. The minimum Gasteiger partial charge on any atom is -0.330 e. The van der Waals surface area contributed by atoms with Gasteiger partial charge in [-0.05, 0) is 37.9 Å². The van der Waals surface area contributed by atoms with E-state index in [9.17, 15) is 18.5 Å². The van der Waals surface area contributed by atoms with E-state index < -0.39 is 20.6 Å². The van der Waals surface area contributed by atoms with Gasteiger partial charge < -0.3 is 5.73 Å². The minimum atomic E-state index is -3.80. The van der Waals surface area contributed by atoms with Crippen LogP contribution in [0, 0.1) is 17.0 Å². The summed E-state index contributed by atoms with van der Waals surface area (Å²) in [6.45, 7) is 2.24. The van der Waals surface area contributed by atoms with Crippen LogP contribution in [-0.2, 0) is 10.0 Å². The minimum absolute atomic E-state index is 0.0884. The van der Waals surface area contributed by atoms with Crippen molar-refractivity contribution in [3.05, 3.63) is 32.8 Å². The molecule has 0 bridgehead atoms. The lowest BCUT2D eigenvalue weighted by atomic mass is 10.2. The molecule has 0 aromatic heterocycles. The van der Waals surface area contributed by atoms with Gasteiger partial charge in [-0.2, -0.15) is 0 Å². The predicted molar refractivity (Wildman–Crippen MR) is 76.3 cm³/mol. The Balaban J connectivity index is 3.05. The SMILES string of the molecule is Cc1cc(Cl)c([N+](=O)[O-])cc1S(=O)(=O)NCCCCN. The van der Waals surface area contributed by atoms with Gasteiger partial charge in [0.1, 0.15) is 5.02 Å². The van der Waals surface area contributed by atoms with E-state index in [-0.39, 0.29) is 16.5 Å². The summed E-state index contributed by atoms with van der Waals surface area (Å²) in [5.74, 6) is 0. The number of nitro groups is 1. The second-order valence-corrected chi connectivity index (χ2v) is 6.36. The standard InChI is InChI=1S/C11H16ClN3O4S/c1-8-6-9(12)10(15(16)17)7-11(8)20(18,19)14-5-3-2-4-13/h6-7,14H,2-5,13H2,1H3. The Bertz CT molecular complexity index is 604. The molecule has 1 rings (SSSR count). The van der Waals surface area contributed by atoms with Gasteiger partial charge in [0, 0.05) is 12.6 Å². The quantitative estimate of drug-likeness (QED) is 0.449. The number of halogens is 1. The summed E-state index contributed by atoms with van der Waals surface area (Å²) in [7, 11) is -3.80. The fourth-order valence-corrected chi connectivity index (χ4v) is 3.23. The van der Waals surface area contributed by atoms with Crippen LogP contribution in [-0.4, -0.2) is 26.4 Å². The molecule has 0 aliphatic heterocycles. The van der Waals surface area contributed by atoms with E-state index in [1.165, 1.54) is 13.0 Å². The molecule has 0 saturated heterocycles. The number of nitro benzene ring substituents is 1. The summed E-state index contributed by atoms with van der Waals surface area (Å²) >= 11 is 5.72. The lowest BCUT2D eigenvalue weighted by molar-refractivity contribution is -0.384. The summed E-state index contributed by atoms with van der Waals surface area (Å²) in [6, 6.07) is 2.25. The van der Waals surface area contributed by atoms with Gasteiger partial charge in [0.25, 0.3) is 5.69 Å². The van der Waals surface area contributed by atoms with E-state index in [4.69, 9.17) is 17.3 Å². The normalized spacial score (nSPS) is 11.6. The third kappa shape index (κ3) is 4.14. The highest BCUT2D eigenvalue weighted by atomic mass is 35.5. The fourth-order valence-electron chi connectivity index (χ4n) is 1.63. The van der Waals surface area contributed by atoms with E-state index in [0.29, 0.717) is 24.9 Å². The number of rotatable bonds is 7. The molecule has 20 heavy (non-hydrogen) atoms. The molecule has 0 aliphatic rings. The maximum absolute atomic E-state index is 12.1. The van der Waals surface area contributed by atoms with Crippen LogP contribution < -0.4 is 10.5 Å². The van der Waals surface area contributed by atoms with E-state index in [0.717, 1.165) is 6.07 Å². The first kappa shape index (κ1) is 16.8. The van der Waals surface area contributed by atoms with Gasteiger partial charge in [0.2, 0.25) is 10.0 Å². The molecule has 0 amide bonds. The molecule has 0 unspecified atom stereocenters. The molecule has 1 aromatic rings. The lowest BCUT2D eigenvalue weighted by Crippen LogP contribution is -2.26. The molecule has 0 aliphatic carbocycles. The molecule has 0 saturated carbocycles. The second kappa shape index (κ2) is 6.98. The van der Waals surface area contributed by atoms with Crippen LogP contribution in [0.25, 0.3) is 0 Å². The monoisotopic (exact) mass is 321 g/mol. The van der Waals surface area contributed by atoms with Crippen molar-refractivity contribution in [2.45, 2.75) is 24.7 Å². The highest BCUT2D eigenvalue weighted by Gasteiger charge is 2.23.